The minimum atomic E-state index is -0.0625. The van der Waals surface area contributed by atoms with Crippen LogP contribution >= 0.6 is 11.8 Å². The van der Waals surface area contributed by atoms with Crippen LogP contribution in [0.15, 0.2) is 46.2 Å². The fourth-order valence-electron chi connectivity index (χ4n) is 2.68. The lowest BCUT2D eigenvalue weighted by Crippen LogP contribution is -2.15. The Balaban J connectivity index is 1.68. The van der Waals surface area contributed by atoms with Crippen LogP contribution in [0.5, 0.6) is 0 Å². The molecule has 7 heteroatoms. The first kappa shape index (κ1) is 18.3. The summed E-state index contributed by atoms with van der Waals surface area (Å²) in [6.07, 6.45) is 2.55. The van der Waals surface area contributed by atoms with Gasteiger partial charge >= 0.3 is 0 Å². The van der Waals surface area contributed by atoms with E-state index in [4.69, 9.17) is 4.42 Å². The largest absolute Gasteiger partial charge is 0.461 e. The molecule has 2 aromatic heterocycles. The molecule has 0 aliphatic carbocycles. The predicted molar refractivity (Wildman–Crippen MR) is 103 cm³/mol. The maximum Gasteiger partial charge on any atom is 0.234 e. The van der Waals surface area contributed by atoms with Gasteiger partial charge in [0.2, 0.25) is 5.91 Å². The number of thioether (sulfide) groups is 1. The molecular weight excluding hydrogens is 348 g/mol. The van der Waals surface area contributed by atoms with E-state index >= 15 is 0 Å². The van der Waals surface area contributed by atoms with E-state index in [1.807, 2.05) is 42.7 Å². The molecule has 0 aliphatic heterocycles. The van der Waals surface area contributed by atoms with E-state index in [-0.39, 0.29) is 11.7 Å². The van der Waals surface area contributed by atoms with E-state index in [0.717, 1.165) is 24.2 Å². The Bertz CT molecular complexity index is 887. The minimum absolute atomic E-state index is 0.0625. The predicted octanol–water partition coefficient (Wildman–Crippen LogP) is 4.30. The van der Waals surface area contributed by atoms with Gasteiger partial charge in [0.1, 0.15) is 0 Å². The lowest BCUT2D eigenvalue weighted by molar-refractivity contribution is -0.113. The Morgan fingerprint density at radius 1 is 1.27 bits per heavy atom. The monoisotopic (exact) mass is 370 g/mol. The SMILES string of the molecule is CCCn1c(SCC(=O)Nc2ccc(C)cc2C)nnc1-c1ccco1. The normalized spacial score (nSPS) is 10.9. The smallest absolute Gasteiger partial charge is 0.234 e. The molecule has 1 aromatic carbocycles. The maximum atomic E-state index is 12.3. The van der Waals surface area contributed by atoms with E-state index in [1.54, 1.807) is 6.26 Å². The summed E-state index contributed by atoms with van der Waals surface area (Å²) in [6, 6.07) is 9.66. The fourth-order valence-corrected chi connectivity index (χ4v) is 3.44. The van der Waals surface area contributed by atoms with Crippen LogP contribution < -0.4 is 5.32 Å². The molecule has 0 radical (unpaired) electrons. The van der Waals surface area contributed by atoms with Crippen molar-refractivity contribution in [2.45, 2.75) is 38.9 Å². The Morgan fingerprint density at radius 3 is 2.81 bits per heavy atom. The molecule has 2 heterocycles. The van der Waals surface area contributed by atoms with E-state index in [0.29, 0.717) is 16.7 Å². The average molecular weight is 370 g/mol. The second-order valence-corrected chi connectivity index (χ2v) is 7.03. The highest BCUT2D eigenvalue weighted by Crippen LogP contribution is 2.25. The van der Waals surface area contributed by atoms with Crippen LogP contribution in [0.2, 0.25) is 0 Å². The topological polar surface area (TPSA) is 73.0 Å². The van der Waals surface area contributed by atoms with Gasteiger partial charge in [-0.1, -0.05) is 36.4 Å². The van der Waals surface area contributed by atoms with Gasteiger partial charge in [0.05, 0.1) is 12.0 Å². The molecule has 3 rings (SSSR count). The molecule has 26 heavy (non-hydrogen) atoms. The number of hydrogen-bond donors (Lipinski definition) is 1. The number of anilines is 1. The first-order chi connectivity index (χ1) is 12.6. The van der Waals surface area contributed by atoms with Gasteiger partial charge in [-0.25, -0.2) is 0 Å². The number of amides is 1. The summed E-state index contributed by atoms with van der Waals surface area (Å²) in [5.41, 5.74) is 3.07. The summed E-state index contributed by atoms with van der Waals surface area (Å²) in [5, 5.41) is 12.1. The number of furan rings is 1. The molecule has 3 aromatic rings. The molecule has 1 amide bonds. The van der Waals surface area contributed by atoms with Crippen molar-refractivity contribution >= 4 is 23.4 Å². The Labute approximate surface area is 157 Å². The molecule has 0 aliphatic rings. The van der Waals surface area contributed by atoms with Crippen molar-refractivity contribution in [3.05, 3.63) is 47.7 Å². The number of benzene rings is 1. The van der Waals surface area contributed by atoms with Gasteiger partial charge < -0.3 is 9.73 Å². The van der Waals surface area contributed by atoms with Gasteiger partial charge in [0, 0.05) is 12.2 Å². The number of nitrogens with one attached hydrogen (secondary N) is 1. The third-order valence-electron chi connectivity index (χ3n) is 3.89. The third-order valence-corrected chi connectivity index (χ3v) is 4.86. The van der Waals surface area contributed by atoms with Crippen LogP contribution in [0.1, 0.15) is 24.5 Å². The standard InChI is InChI=1S/C19H22N4O2S/c1-4-9-23-18(16-6-5-10-25-16)21-22-19(23)26-12-17(24)20-15-8-7-13(2)11-14(15)3/h5-8,10-11H,4,9,12H2,1-3H3,(H,20,24). The van der Waals surface area contributed by atoms with Crippen molar-refractivity contribution in [1.29, 1.82) is 0 Å². The van der Waals surface area contributed by atoms with Gasteiger partial charge in [-0.3, -0.25) is 9.36 Å². The van der Waals surface area contributed by atoms with Gasteiger partial charge in [0.15, 0.2) is 16.7 Å². The molecule has 0 spiro atoms. The molecule has 6 nitrogen and oxygen atoms in total. The number of aryl methyl sites for hydroxylation is 2. The highest BCUT2D eigenvalue weighted by atomic mass is 32.2. The Hall–Kier alpha value is -2.54. The number of carbonyl (C=O) groups is 1. The van der Waals surface area contributed by atoms with Gasteiger partial charge in [-0.05, 0) is 44.0 Å². The minimum Gasteiger partial charge on any atom is -0.461 e. The molecule has 1 N–H and O–H groups in total. The lowest BCUT2D eigenvalue weighted by Gasteiger charge is -2.10. The fraction of sp³-hybridized carbons (Fsp3) is 0.316. The summed E-state index contributed by atoms with van der Waals surface area (Å²) in [5.74, 6) is 1.58. The van der Waals surface area contributed by atoms with Crippen LogP contribution in [0.3, 0.4) is 0 Å². The molecule has 0 saturated heterocycles. The van der Waals surface area contributed by atoms with Crippen molar-refractivity contribution in [3.8, 4) is 11.6 Å². The average Bonchev–Trinajstić information content (AvgIpc) is 3.26. The van der Waals surface area contributed by atoms with Crippen molar-refractivity contribution in [2.24, 2.45) is 0 Å². The van der Waals surface area contributed by atoms with Crippen molar-refractivity contribution in [3.63, 3.8) is 0 Å². The molecular formula is C19H22N4O2S. The summed E-state index contributed by atoms with van der Waals surface area (Å²) in [4.78, 5) is 12.3. The molecule has 0 bridgehead atoms. The second-order valence-electron chi connectivity index (χ2n) is 6.09. The molecule has 0 saturated carbocycles. The Kier molecular flexibility index (Phi) is 5.78. The van der Waals surface area contributed by atoms with E-state index < -0.39 is 0 Å². The van der Waals surface area contributed by atoms with Gasteiger partial charge in [-0.15, -0.1) is 10.2 Å². The van der Waals surface area contributed by atoms with Crippen molar-refractivity contribution in [2.75, 3.05) is 11.1 Å². The number of carbonyl (C=O) groups excluding carboxylic acids is 1. The van der Waals surface area contributed by atoms with Crippen molar-refractivity contribution < 1.29 is 9.21 Å². The molecule has 136 valence electrons. The quantitative estimate of drug-likeness (QED) is 0.628. The number of aromatic nitrogens is 3. The first-order valence-electron chi connectivity index (χ1n) is 8.55. The van der Waals surface area contributed by atoms with Gasteiger partial charge in [0.25, 0.3) is 0 Å². The molecule has 0 atom stereocenters. The second kappa shape index (κ2) is 8.23. The van der Waals surface area contributed by atoms with E-state index in [1.165, 1.54) is 17.3 Å². The highest BCUT2D eigenvalue weighted by molar-refractivity contribution is 7.99. The van der Waals surface area contributed by atoms with E-state index in [2.05, 4.69) is 28.5 Å². The first-order valence-corrected chi connectivity index (χ1v) is 9.54. The summed E-state index contributed by atoms with van der Waals surface area (Å²) in [7, 11) is 0. The summed E-state index contributed by atoms with van der Waals surface area (Å²) < 4.78 is 7.43. The van der Waals surface area contributed by atoms with Crippen LogP contribution in [0, 0.1) is 13.8 Å². The molecule has 0 unspecified atom stereocenters. The number of nitrogens with zero attached hydrogens (tertiary/aromatic N) is 3. The zero-order valence-corrected chi connectivity index (χ0v) is 16.0. The third kappa shape index (κ3) is 4.16. The van der Waals surface area contributed by atoms with Crippen LogP contribution in [0.25, 0.3) is 11.6 Å². The summed E-state index contributed by atoms with van der Waals surface area (Å²) >= 11 is 1.38. The van der Waals surface area contributed by atoms with Gasteiger partial charge in [-0.2, -0.15) is 0 Å². The zero-order chi connectivity index (χ0) is 18.5. The van der Waals surface area contributed by atoms with Crippen LogP contribution in [-0.2, 0) is 11.3 Å². The summed E-state index contributed by atoms with van der Waals surface area (Å²) in [6.45, 7) is 6.88. The molecule has 0 fully saturated rings. The van der Waals surface area contributed by atoms with Crippen molar-refractivity contribution in [1.82, 2.24) is 14.8 Å². The van der Waals surface area contributed by atoms with Crippen LogP contribution in [0.4, 0.5) is 5.69 Å². The number of hydrogen-bond acceptors (Lipinski definition) is 5. The van der Waals surface area contributed by atoms with E-state index in [9.17, 15) is 4.79 Å². The van der Waals surface area contributed by atoms with Crippen LogP contribution in [-0.4, -0.2) is 26.4 Å². The zero-order valence-electron chi connectivity index (χ0n) is 15.2. The highest BCUT2D eigenvalue weighted by Gasteiger charge is 2.17. The lowest BCUT2D eigenvalue weighted by atomic mass is 10.1. The Morgan fingerprint density at radius 2 is 2.12 bits per heavy atom. The maximum absolute atomic E-state index is 12.3. The number of rotatable bonds is 7.